The van der Waals surface area contributed by atoms with Crippen LogP contribution in [0.2, 0.25) is 10.0 Å². The molecule has 0 aromatic heterocycles. The summed E-state index contributed by atoms with van der Waals surface area (Å²) in [5.74, 6) is -0.237. The summed E-state index contributed by atoms with van der Waals surface area (Å²) in [5.41, 5.74) is 5.76. The van der Waals surface area contributed by atoms with Crippen molar-refractivity contribution in [3.05, 3.63) is 33.8 Å². The van der Waals surface area contributed by atoms with E-state index in [1.54, 1.807) is 18.2 Å². The van der Waals surface area contributed by atoms with Gasteiger partial charge in [-0.1, -0.05) is 29.3 Å². The molecule has 0 heterocycles. The van der Waals surface area contributed by atoms with Gasteiger partial charge < -0.3 is 5.32 Å². The zero-order valence-corrected chi connectivity index (χ0v) is 12.0. The Balaban J connectivity index is 2.47. The highest BCUT2D eigenvalue weighted by atomic mass is 35.5. The Bertz CT molecular complexity index is 454. The number of benzene rings is 1. The monoisotopic (exact) mass is 305 g/mol. The molecule has 0 radical (unpaired) electrons. The zero-order valence-electron chi connectivity index (χ0n) is 9.72. The van der Waals surface area contributed by atoms with E-state index in [2.05, 4.69) is 16.2 Å². The van der Waals surface area contributed by atoms with E-state index in [0.29, 0.717) is 27.3 Å². The Kier molecular flexibility index (Phi) is 6.18. The van der Waals surface area contributed by atoms with Crippen molar-refractivity contribution in [2.45, 2.75) is 13.3 Å². The summed E-state index contributed by atoms with van der Waals surface area (Å²) in [6.45, 7) is 2.59. The lowest BCUT2D eigenvalue weighted by molar-refractivity contribution is -0.121. The summed E-state index contributed by atoms with van der Waals surface area (Å²) in [7, 11) is 0. The third-order valence-electron chi connectivity index (χ3n) is 2.02. The highest BCUT2D eigenvalue weighted by Crippen LogP contribution is 2.21. The van der Waals surface area contributed by atoms with Crippen LogP contribution in [0.3, 0.4) is 0 Å². The first-order valence-electron chi connectivity index (χ1n) is 5.29. The smallest absolute Gasteiger partial charge is 0.242 e. The van der Waals surface area contributed by atoms with E-state index in [1.165, 1.54) is 0 Å². The van der Waals surface area contributed by atoms with Crippen molar-refractivity contribution < 1.29 is 4.79 Å². The van der Waals surface area contributed by atoms with E-state index < -0.39 is 0 Å². The number of thiocarbonyl (C=S) groups is 1. The molecule has 0 aliphatic carbocycles. The van der Waals surface area contributed by atoms with Crippen LogP contribution < -0.4 is 16.2 Å². The summed E-state index contributed by atoms with van der Waals surface area (Å²) in [6, 6.07) is 5.00. The first-order valence-corrected chi connectivity index (χ1v) is 6.46. The van der Waals surface area contributed by atoms with Crippen molar-refractivity contribution in [1.82, 2.24) is 16.2 Å². The molecule has 1 aromatic carbocycles. The topological polar surface area (TPSA) is 53.2 Å². The molecule has 1 amide bonds. The molecule has 98 valence electrons. The molecule has 18 heavy (non-hydrogen) atoms. The lowest BCUT2D eigenvalue weighted by Crippen LogP contribution is -2.47. The Hall–Kier alpha value is -1.04. The summed E-state index contributed by atoms with van der Waals surface area (Å²) < 4.78 is 0. The standard InChI is InChI=1S/C11H13Cl2N3OS/c1-2-14-11(18)16-15-10(17)5-7-3-4-8(12)6-9(7)13/h3-4,6H,2,5H2,1H3,(H,15,17)(H2,14,16,18). The quantitative estimate of drug-likeness (QED) is 0.591. The van der Waals surface area contributed by atoms with Crippen molar-refractivity contribution in [2.75, 3.05) is 6.54 Å². The summed E-state index contributed by atoms with van der Waals surface area (Å²) in [4.78, 5) is 11.6. The van der Waals surface area contributed by atoms with Gasteiger partial charge in [-0.15, -0.1) is 0 Å². The molecule has 0 bridgehead atoms. The van der Waals surface area contributed by atoms with Crippen molar-refractivity contribution in [3.63, 3.8) is 0 Å². The zero-order chi connectivity index (χ0) is 13.5. The van der Waals surface area contributed by atoms with Crippen LogP contribution in [0.5, 0.6) is 0 Å². The van der Waals surface area contributed by atoms with Gasteiger partial charge in [0.2, 0.25) is 5.91 Å². The lowest BCUT2D eigenvalue weighted by Gasteiger charge is -2.10. The molecule has 0 aliphatic heterocycles. The number of nitrogens with one attached hydrogen (secondary N) is 3. The number of hydrogen-bond donors (Lipinski definition) is 3. The van der Waals surface area contributed by atoms with Gasteiger partial charge in [0, 0.05) is 16.6 Å². The van der Waals surface area contributed by atoms with Gasteiger partial charge in [0.15, 0.2) is 5.11 Å². The fraction of sp³-hybridized carbons (Fsp3) is 0.273. The maximum atomic E-state index is 11.6. The van der Waals surface area contributed by atoms with Crippen LogP contribution in [-0.4, -0.2) is 17.6 Å². The highest BCUT2D eigenvalue weighted by Gasteiger charge is 2.07. The minimum Gasteiger partial charge on any atom is -0.362 e. The average molecular weight is 306 g/mol. The van der Waals surface area contributed by atoms with Gasteiger partial charge in [0.25, 0.3) is 0 Å². The van der Waals surface area contributed by atoms with Crippen molar-refractivity contribution >= 4 is 46.4 Å². The third kappa shape index (κ3) is 5.08. The second-order valence-electron chi connectivity index (χ2n) is 3.45. The molecule has 0 fully saturated rings. The van der Waals surface area contributed by atoms with Crippen LogP contribution in [0.1, 0.15) is 12.5 Å². The molecule has 0 saturated heterocycles. The number of rotatable bonds is 3. The number of carbonyl (C=O) groups excluding carboxylic acids is 1. The Labute approximate surface area is 121 Å². The van der Waals surface area contributed by atoms with E-state index in [-0.39, 0.29) is 12.3 Å². The predicted molar refractivity (Wildman–Crippen MR) is 77.7 cm³/mol. The van der Waals surface area contributed by atoms with E-state index in [9.17, 15) is 4.79 Å². The van der Waals surface area contributed by atoms with Crippen molar-refractivity contribution in [2.24, 2.45) is 0 Å². The number of halogens is 2. The van der Waals surface area contributed by atoms with E-state index in [0.717, 1.165) is 0 Å². The van der Waals surface area contributed by atoms with Crippen LogP contribution in [0.25, 0.3) is 0 Å². The van der Waals surface area contributed by atoms with Gasteiger partial charge in [-0.3, -0.25) is 15.6 Å². The van der Waals surface area contributed by atoms with Gasteiger partial charge >= 0.3 is 0 Å². The number of amides is 1. The SMILES string of the molecule is CCNC(=S)NNC(=O)Cc1ccc(Cl)cc1Cl. The summed E-state index contributed by atoms with van der Waals surface area (Å²) in [6.07, 6.45) is 0.151. The van der Waals surface area contributed by atoms with Crippen LogP contribution in [0.15, 0.2) is 18.2 Å². The molecular weight excluding hydrogens is 293 g/mol. The van der Waals surface area contributed by atoms with Gasteiger partial charge in [-0.25, -0.2) is 0 Å². The van der Waals surface area contributed by atoms with Crippen molar-refractivity contribution in [1.29, 1.82) is 0 Å². The molecule has 3 N–H and O–H groups in total. The fourth-order valence-electron chi connectivity index (χ4n) is 1.21. The minimum atomic E-state index is -0.237. The van der Waals surface area contributed by atoms with Gasteiger partial charge in [-0.2, -0.15) is 0 Å². The Morgan fingerprint density at radius 1 is 1.33 bits per heavy atom. The maximum absolute atomic E-state index is 11.6. The van der Waals surface area contributed by atoms with Crippen LogP contribution in [0, 0.1) is 0 Å². The number of hydrazine groups is 1. The molecule has 4 nitrogen and oxygen atoms in total. The first-order chi connectivity index (χ1) is 8.52. The molecule has 7 heteroatoms. The molecule has 0 atom stereocenters. The molecule has 1 rings (SSSR count). The molecule has 0 spiro atoms. The van der Waals surface area contributed by atoms with Crippen LogP contribution in [0.4, 0.5) is 0 Å². The van der Waals surface area contributed by atoms with Crippen molar-refractivity contribution in [3.8, 4) is 0 Å². The van der Waals surface area contributed by atoms with E-state index >= 15 is 0 Å². The van der Waals surface area contributed by atoms with Gasteiger partial charge in [0.05, 0.1) is 6.42 Å². The fourth-order valence-corrected chi connectivity index (χ4v) is 1.88. The molecular formula is C11H13Cl2N3OS. The second-order valence-corrected chi connectivity index (χ2v) is 4.70. The largest absolute Gasteiger partial charge is 0.362 e. The number of hydrogen-bond acceptors (Lipinski definition) is 2. The van der Waals surface area contributed by atoms with Crippen LogP contribution in [-0.2, 0) is 11.2 Å². The maximum Gasteiger partial charge on any atom is 0.242 e. The van der Waals surface area contributed by atoms with E-state index in [1.807, 2.05) is 6.92 Å². The normalized spacial score (nSPS) is 9.72. The number of carbonyl (C=O) groups is 1. The minimum absolute atomic E-state index is 0.151. The predicted octanol–water partition coefficient (Wildman–Crippen LogP) is 2.05. The first kappa shape index (κ1) is 15.0. The highest BCUT2D eigenvalue weighted by molar-refractivity contribution is 7.80. The van der Waals surface area contributed by atoms with Gasteiger partial charge in [-0.05, 0) is 36.8 Å². The molecule has 0 saturated carbocycles. The molecule has 0 aliphatic rings. The lowest BCUT2D eigenvalue weighted by atomic mass is 10.1. The molecule has 1 aromatic rings. The summed E-state index contributed by atoms with van der Waals surface area (Å²) >= 11 is 16.6. The Morgan fingerprint density at radius 2 is 2.06 bits per heavy atom. The third-order valence-corrected chi connectivity index (χ3v) is 2.85. The van der Waals surface area contributed by atoms with Gasteiger partial charge in [0.1, 0.15) is 0 Å². The summed E-state index contributed by atoms with van der Waals surface area (Å²) in [5, 5.41) is 4.22. The average Bonchev–Trinajstić information content (AvgIpc) is 2.31. The van der Waals surface area contributed by atoms with E-state index in [4.69, 9.17) is 35.4 Å². The molecule has 0 unspecified atom stereocenters. The Morgan fingerprint density at radius 3 is 2.67 bits per heavy atom. The van der Waals surface area contributed by atoms with Crippen LogP contribution >= 0.6 is 35.4 Å². The second kappa shape index (κ2) is 7.41.